The van der Waals surface area contributed by atoms with Crippen LogP contribution in [0.2, 0.25) is 0 Å². The molecule has 1 aliphatic rings. The molecule has 5 rings (SSSR count). The van der Waals surface area contributed by atoms with Crippen molar-refractivity contribution in [1.82, 2.24) is 24.7 Å². The van der Waals surface area contributed by atoms with Gasteiger partial charge < -0.3 is 9.72 Å². The molecule has 0 aromatic carbocycles. The van der Waals surface area contributed by atoms with Crippen molar-refractivity contribution in [2.24, 2.45) is 0 Å². The Kier molecular flexibility index (Phi) is 4.60. The summed E-state index contributed by atoms with van der Waals surface area (Å²) >= 11 is 0. The average Bonchev–Trinajstić information content (AvgIpc) is 3.26. The fourth-order valence-electron chi connectivity index (χ4n) is 4.22. The molecule has 0 bridgehead atoms. The molecule has 8 nitrogen and oxygen atoms in total. The van der Waals surface area contributed by atoms with Gasteiger partial charge in [-0.3, -0.25) is 14.5 Å². The number of ether oxygens (including phenoxy) is 1. The van der Waals surface area contributed by atoms with E-state index in [0.29, 0.717) is 23.5 Å². The topological polar surface area (TPSA) is 109 Å². The zero-order chi connectivity index (χ0) is 21.4. The van der Waals surface area contributed by atoms with Crippen molar-refractivity contribution in [2.75, 3.05) is 7.11 Å². The second kappa shape index (κ2) is 7.45. The number of H-pyrrole nitrogens is 1. The van der Waals surface area contributed by atoms with E-state index in [2.05, 4.69) is 16.0 Å². The van der Waals surface area contributed by atoms with Gasteiger partial charge in [-0.15, -0.1) is 0 Å². The van der Waals surface area contributed by atoms with Crippen LogP contribution in [0.5, 0.6) is 0 Å². The molecule has 0 atom stereocenters. The quantitative estimate of drug-likeness (QED) is 0.539. The maximum Gasteiger partial charge on any atom is 0.247 e. The first-order valence-electron chi connectivity index (χ1n) is 10.0. The fourth-order valence-corrected chi connectivity index (χ4v) is 4.22. The molecule has 4 aromatic rings. The molecule has 1 N–H and O–H groups in total. The Hall–Kier alpha value is -3.83. The second-order valence-electron chi connectivity index (χ2n) is 7.84. The molecule has 154 valence electrons. The van der Waals surface area contributed by atoms with Crippen molar-refractivity contribution in [3.8, 4) is 28.7 Å². The van der Waals surface area contributed by atoms with Crippen LogP contribution in [0.3, 0.4) is 0 Å². The highest BCUT2D eigenvalue weighted by Crippen LogP contribution is 2.43. The summed E-state index contributed by atoms with van der Waals surface area (Å²) in [6.07, 6.45) is 7.33. The first-order chi connectivity index (χ1) is 15.1. The number of hydrogen-bond donors (Lipinski definition) is 1. The van der Waals surface area contributed by atoms with Gasteiger partial charge in [0.05, 0.1) is 35.3 Å². The zero-order valence-corrected chi connectivity index (χ0v) is 16.9. The van der Waals surface area contributed by atoms with Crippen LogP contribution in [0.15, 0.2) is 59.8 Å². The Labute approximate surface area is 178 Å². The number of rotatable bonds is 5. The minimum Gasteiger partial charge on any atom is -0.381 e. The summed E-state index contributed by atoms with van der Waals surface area (Å²) in [7, 11) is 1.70. The number of pyridine rings is 3. The van der Waals surface area contributed by atoms with E-state index in [1.165, 1.54) is 6.07 Å². The largest absolute Gasteiger partial charge is 0.381 e. The molecule has 1 fully saturated rings. The molecule has 0 saturated heterocycles. The van der Waals surface area contributed by atoms with Crippen LogP contribution < -0.4 is 5.56 Å². The number of methoxy groups -OCH3 is 1. The van der Waals surface area contributed by atoms with Crippen molar-refractivity contribution in [3.63, 3.8) is 0 Å². The first kappa shape index (κ1) is 19.2. The number of nitriles is 1. The maximum absolute atomic E-state index is 11.4. The van der Waals surface area contributed by atoms with E-state index in [1.807, 2.05) is 35.1 Å². The van der Waals surface area contributed by atoms with Crippen LogP contribution in [0.4, 0.5) is 0 Å². The maximum atomic E-state index is 11.4. The molecule has 4 aromatic heterocycles. The lowest BCUT2D eigenvalue weighted by molar-refractivity contribution is -0.0541. The van der Waals surface area contributed by atoms with Crippen LogP contribution >= 0.6 is 0 Å². The smallest absolute Gasteiger partial charge is 0.247 e. The zero-order valence-electron chi connectivity index (χ0n) is 16.9. The molecule has 1 saturated carbocycles. The SMILES string of the molecule is CO[C@H]1C[C@@](CC#N)(n2ccc(-c3nc(-c4ccc(=O)[nH]c4)cc4ncccc34)n2)C1. The van der Waals surface area contributed by atoms with E-state index < -0.39 is 0 Å². The normalized spacial score (nSPS) is 20.3. The minimum absolute atomic E-state index is 0.146. The van der Waals surface area contributed by atoms with Gasteiger partial charge in [0.1, 0.15) is 11.4 Å². The number of aromatic nitrogens is 5. The van der Waals surface area contributed by atoms with Crippen molar-refractivity contribution < 1.29 is 4.74 Å². The summed E-state index contributed by atoms with van der Waals surface area (Å²) in [5, 5.41) is 15.1. The third kappa shape index (κ3) is 3.29. The van der Waals surface area contributed by atoms with Gasteiger partial charge in [0.15, 0.2) is 0 Å². The van der Waals surface area contributed by atoms with Gasteiger partial charge in [0.25, 0.3) is 0 Å². The minimum atomic E-state index is -0.349. The highest BCUT2D eigenvalue weighted by molar-refractivity contribution is 5.93. The summed E-state index contributed by atoms with van der Waals surface area (Å²) < 4.78 is 7.32. The lowest BCUT2D eigenvalue weighted by Gasteiger charge is -2.45. The molecule has 0 amide bonds. The van der Waals surface area contributed by atoms with Crippen LogP contribution in [0.1, 0.15) is 19.3 Å². The molecule has 31 heavy (non-hydrogen) atoms. The van der Waals surface area contributed by atoms with E-state index in [-0.39, 0.29) is 17.2 Å². The second-order valence-corrected chi connectivity index (χ2v) is 7.84. The summed E-state index contributed by atoms with van der Waals surface area (Å²) in [6.45, 7) is 0. The van der Waals surface area contributed by atoms with E-state index in [0.717, 1.165) is 29.3 Å². The van der Waals surface area contributed by atoms with E-state index in [4.69, 9.17) is 14.8 Å². The fraction of sp³-hybridized carbons (Fsp3) is 0.261. The van der Waals surface area contributed by atoms with Gasteiger partial charge in [-0.05, 0) is 43.2 Å². The third-order valence-electron chi connectivity index (χ3n) is 5.95. The van der Waals surface area contributed by atoms with Crippen molar-refractivity contribution in [2.45, 2.75) is 30.9 Å². The molecule has 8 heteroatoms. The van der Waals surface area contributed by atoms with Crippen molar-refractivity contribution >= 4 is 10.9 Å². The van der Waals surface area contributed by atoms with Gasteiger partial charge in [-0.2, -0.15) is 10.4 Å². The molecular weight excluding hydrogens is 392 g/mol. The number of nitrogens with zero attached hydrogens (tertiary/aromatic N) is 5. The van der Waals surface area contributed by atoms with Crippen molar-refractivity contribution in [3.05, 3.63) is 65.3 Å². The summed E-state index contributed by atoms with van der Waals surface area (Å²) in [6, 6.07) is 13.2. The van der Waals surface area contributed by atoms with Gasteiger partial charge in [-0.25, -0.2) is 4.98 Å². The summed E-state index contributed by atoms with van der Waals surface area (Å²) in [5.41, 5.74) is 3.18. The third-order valence-corrected chi connectivity index (χ3v) is 5.95. The number of nitrogens with one attached hydrogen (secondary N) is 1. The van der Waals surface area contributed by atoms with E-state index in [1.54, 1.807) is 25.6 Å². The van der Waals surface area contributed by atoms with E-state index in [9.17, 15) is 10.1 Å². The highest BCUT2D eigenvalue weighted by Gasteiger charge is 2.47. The number of fused-ring (bicyclic) bond motifs is 1. The van der Waals surface area contributed by atoms with Crippen molar-refractivity contribution in [1.29, 1.82) is 5.26 Å². The van der Waals surface area contributed by atoms with Crippen LogP contribution in [0.25, 0.3) is 33.5 Å². The average molecular weight is 412 g/mol. The Morgan fingerprint density at radius 1 is 1.29 bits per heavy atom. The number of aromatic amines is 1. The summed E-state index contributed by atoms with van der Waals surface area (Å²) in [5.74, 6) is 0. The molecule has 1 aliphatic carbocycles. The standard InChI is InChI=1S/C23H20N6O2/c1-31-16-12-23(13-16,7-8-24)29-10-6-18(28-29)22-17-3-2-9-25-20(17)11-19(27-22)15-4-5-21(30)26-14-15/h2-6,9-11,14,16H,7,12-13H2,1H3,(H,26,30)/t16-,23+. The Morgan fingerprint density at radius 2 is 2.16 bits per heavy atom. The Bertz CT molecular complexity index is 1340. The van der Waals surface area contributed by atoms with Gasteiger partial charge in [-0.1, -0.05) is 0 Å². The molecule has 4 heterocycles. The monoisotopic (exact) mass is 412 g/mol. The van der Waals surface area contributed by atoms with Gasteiger partial charge in [0, 0.05) is 42.7 Å². The predicted octanol–water partition coefficient (Wildman–Crippen LogP) is 3.27. The molecular formula is C23H20N6O2. The Balaban J connectivity index is 1.61. The lowest BCUT2D eigenvalue weighted by atomic mass is 9.72. The molecule has 0 unspecified atom stereocenters. The first-order valence-corrected chi connectivity index (χ1v) is 10.0. The predicted molar refractivity (Wildman–Crippen MR) is 115 cm³/mol. The Morgan fingerprint density at radius 3 is 2.90 bits per heavy atom. The summed E-state index contributed by atoms with van der Waals surface area (Å²) in [4.78, 5) is 23.5. The van der Waals surface area contributed by atoms with Gasteiger partial charge >= 0.3 is 0 Å². The number of hydrogen-bond acceptors (Lipinski definition) is 6. The lowest BCUT2D eigenvalue weighted by Crippen LogP contribution is -2.50. The van der Waals surface area contributed by atoms with Crippen LogP contribution in [-0.4, -0.2) is 37.9 Å². The van der Waals surface area contributed by atoms with E-state index >= 15 is 0 Å². The highest BCUT2D eigenvalue weighted by atomic mass is 16.5. The van der Waals surface area contributed by atoms with Crippen LogP contribution in [0, 0.1) is 11.3 Å². The molecule has 0 aliphatic heterocycles. The van der Waals surface area contributed by atoms with Crippen LogP contribution in [-0.2, 0) is 10.3 Å². The van der Waals surface area contributed by atoms with Gasteiger partial charge in [0.2, 0.25) is 5.56 Å². The molecule has 0 radical (unpaired) electrons. The molecule has 0 spiro atoms.